The number of aromatic nitrogens is 1. The summed E-state index contributed by atoms with van der Waals surface area (Å²) in [6, 6.07) is 10.8. The van der Waals surface area contributed by atoms with Crippen molar-refractivity contribution < 1.29 is 18.3 Å². The number of ether oxygens (including phenoxy) is 1. The van der Waals surface area contributed by atoms with E-state index in [1.165, 1.54) is 24.3 Å². The number of carbonyl (C=O) groups is 1. The van der Waals surface area contributed by atoms with Gasteiger partial charge in [0.15, 0.2) is 0 Å². The van der Waals surface area contributed by atoms with E-state index in [0.29, 0.717) is 26.1 Å². The lowest BCUT2D eigenvalue weighted by atomic mass is 10.0. The zero-order chi connectivity index (χ0) is 18.3. The average Bonchev–Trinajstić information content (AvgIpc) is 2.95. The van der Waals surface area contributed by atoms with Gasteiger partial charge in [-0.2, -0.15) is 0 Å². The molecule has 0 spiro atoms. The van der Waals surface area contributed by atoms with Gasteiger partial charge in [-0.05, 0) is 61.4 Å². The number of nitrogens with zero attached hydrogens (tertiary/aromatic N) is 2. The number of fused-ring (bicyclic) bond motifs is 3. The molecule has 2 aromatic carbocycles. The lowest BCUT2D eigenvalue weighted by Gasteiger charge is -2.27. The average molecular weight is 356 g/mol. The minimum absolute atomic E-state index is 0.302. The largest absolute Gasteiger partial charge is 0.450 e. The highest BCUT2D eigenvalue weighted by molar-refractivity contribution is 5.88. The van der Waals surface area contributed by atoms with Crippen LogP contribution in [0.3, 0.4) is 0 Å². The molecule has 0 N–H and O–H groups in total. The Morgan fingerprint density at radius 2 is 1.85 bits per heavy atom. The summed E-state index contributed by atoms with van der Waals surface area (Å²) in [6.45, 7) is 2.96. The second-order valence-corrected chi connectivity index (χ2v) is 6.27. The van der Waals surface area contributed by atoms with Gasteiger partial charge in [0.2, 0.25) is 0 Å². The van der Waals surface area contributed by atoms with Crippen molar-refractivity contribution in [1.82, 2.24) is 9.47 Å². The van der Waals surface area contributed by atoms with Crippen molar-refractivity contribution in [1.29, 1.82) is 0 Å². The predicted molar refractivity (Wildman–Crippen MR) is 94.3 cm³/mol. The Morgan fingerprint density at radius 1 is 1.12 bits per heavy atom. The van der Waals surface area contributed by atoms with Gasteiger partial charge in [-0.3, -0.25) is 0 Å². The van der Waals surface area contributed by atoms with Gasteiger partial charge >= 0.3 is 6.09 Å². The first-order valence-electron chi connectivity index (χ1n) is 8.58. The lowest BCUT2D eigenvalue weighted by Crippen LogP contribution is -2.36. The van der Waals surface area contributed by atoms with Gasteiger partial charge < -0.3 is 14.2 Å². The molecular weight excluding hydrogens is 338 g/mol. The first-order chi connectivity index (χ1) is 12.6. The van der Waals surface area contributed by atoms with Crippen LogP contribution in [0.15, 0.2) is 42.5 Å². The normalized spacial score (nSPS) is 13.7. The smallest absolute Gasteiger partial charge is 0.410 e. The van der Waals surface area contributed by atoms with E-state index in [9.17, 15) is 13.6 Å². The van der Waals surface area contributed by atoms with Crippen LogP contribution >= 0.6 is 0 Å². The van der Waals surface area contributed by atoms with Crippen LogP contribution < -0.4 is 0 Å². The number of halogens is 2. The minimum Gasteiger partial charge on any atom is -0.450 e. The highest BCUT2D eigenvalue weighted by Gasteiger charge is 2.28. The topological polar surface area (TPSA) is 34.5 Å². The fourth-order valence-corrected chi connectivity index (χ4v) is 3.59. The summed E-state index contributed by atoms with van der Waals surface area (Å²) < 4.78 is 34.3. The van der Waals surface area contributed by atoms with E-state index in [0.717, 1.165) is 27.8 Å². The van der Waals surface area contributed by atoms with Gasteiger partial charge in [0.25, 0.3) is 0 Å². The lowest BCUT2D eigenvalue weighted by molar-refractivity contribution is 0.102. The van der Waals surface area contributed by atoms with Crippen LogP contribution in [-0.4, -0.2) is 28.7 Å². The highest BCUT2D eigenvalue weighted by Crippen LogP contribution is 2.34. The Balaban J connectivity index is 1.89. The summed E-state index contributed by atoms with van der Waals surface area (Å²) in [5, 5.41) is 0.827. The van der Waals surface area contributed by atoms with Crippen LogP contribution in [0, 0.1) is 11.6 Å². The molecule has 3 aromatic rings. The number of carbonyl (C=O) groups excluding carboxylic acids is 1. The van der Waals surface area contributed by atoms with Crippen LogP contribution in [0.25, 0.3) is 16.6 Å². The van der Waals surface area contributed by atoms with E-state index in [-0.39, 0.29) is 17.7 Å². The summed E-state index contributed by atoms with van der Waals surface area (Å²) in [5.41, 5.74) is 3.53. The maximum Gasteiger partial charge on any atom is 0.410 e. The summed E-state index contributed by atoms with van der Waals surface area (Å²) in [6.07, 6.45) is 0.253. The Bertz CT molecular complexity index is 980. The molecule has 4 rings (SSSR count). The number of benzene rings is 2. The van der Waals surface area contributed by atoms with E-state index in [2.05, 4.69) is 0 Å². The van der Waals surface area contributed by atoms with E-state index in [4.69, 9.17) is 4.74 Å². The molecule has 1 amide bonds. The zero-order valence-electron chi connectivity index (χ0n) is 14.3. The molecule has 0 aliphatic carbocycles. The van der Waals surface area contributed by atoms with Gasteiger partial charge in [0, 0.05) is 23.3 Å². The molecular formula is C20H18F2N2O2. The minimum atomic E-state index is -0.361. The monoisotopic (exact) mass is 356 g/mol. The Kier molecular flexibility index (Phi) is 4.11. The van der Waals surface area contributed by atoms with Gasteiger partial charge in [0.05, 0.1) is 18.7 Å². The van der Waals surface area contributed by atoms with Gasteiger partial charge in [0.1, 0.15) is 11.6 Å². The van der Waals surface area contributed by atoms with Crippen molar-refractivity contribution in [3.63, 3.8) is 0 Å². The van der Waals surface area contributed by atoms with Crippen molar-refractivity contribution in [3.05, 3.63) is 65.4 Å². The number of amides is 1. The van der Waals surface area contributed by atoms with E-state index in [1.54, 1.807) is 30.0 Å². The first kappa shape index (κ1) is 16.6. The molecule has 0 radical (unpaired) electrons. The molecule has 0 bridgehead atoms. The summed E-state index contributed by atoms with van der Waals surface area (Å²) in [4.78, 5) is 13.8. The van der Waals surface area contributed by atoms with Gasteiger partial charge in [-0.1, -0.05) is 0 Å². The molecule has 0 saturated carbocycles. The van der Waals surface area contributed by atoms with E-state index < -0.39 is 0 Å². The molecule has 2 heterocycles. The molecule has 0 unspecified atom stereocenters. The van der Waals surface area contributed by atoms with E-state index >= 15 is 0 Å². The zero-order valence-corrected chi connectivity index (χ0v) is 14.3. The van der Waals surface area contributed by atoms with Crippen molar-refractivity contribution in [2.75, 3.05) is 13.2 Å². The number of hydrogen-bond acceptors (Lipinski definition) is 2. The molecule has 134 valence electrons. The quantitative estimate of drug-likeness (QED) is 0.681. The summed E-state index contributed by atoms with van der Waals surface area (Å²) in [7, 11) is 0. The maximum atomic E-state index is 13.8. The molecule has 1 aromatic heterocycles. The molecule has 0 saturated heterocycles. The Labute approximate surface area is 149 Å². The van der Waals surface area contributed by atoms with Crippen LogP contribution in [0.5, 0.6) is 0 Å². The van der Waals surface area contributed by atoms with Crippen LogP contribution in [0.2, 0.25) is 0 Å². The highest BCUT2D eigenvalue weighted by atomic mass is 19.1. The van der Waals surface area contributed by atoms with E-state index in [1.807, 2.05) is 4.57 Å². The maximum absolute atomic E-state index is 13.8. The van der Waals surface area contributed by atoms with Crippen LogP contribution in [-0.2, 0) is 17.7 Å². The third-order valence-electron chi connectivity index (χ3n) is 4.73. The first-order valence-corrected chi connectivity index (χ1v) is 8.58. The Hall–Kier alpha value is -2.89. The molecule has 4 nitrogen and oxygen atoms in total. The molecule has 1 aliphatic rings. The van der Waals surface area contributed by atoms with Crippen molar-refractivity contribution in [2.24, 2.45) is 0 Å². The molecule has 26 heavy (non-hydrogen) atoms. The van der Waals surface area contributed by atoms with Crippen LogP contribution in [0.4, 0.5) is 13.6 Å². The predicted octanol–water partition coefficient (Wildman–Crippen LogP) is 4.42. The molecule has 0 atom stereocenters. The molecule has 1 aliphatic heterocycles. The van der Waals surface area contributed by atoms with Crippen LogP contribution in [0.1, 0.15) is 18.2 Å². The third-order valence-corrected chi connectivity index (χ3v) is 4.73. The van der Waals surface area contributed by atoms with Crippen molar-refractivity contribution in [2.45, 2.75) is 19.9 Å². The fraction of sp³-hybridized carbons (Fsp3) is 0.250. The number of hydrogen-bond donors (Lipinski definition) is 0. The van der Waals surface area contributed by atoms with Crippen molar-refractivity contribution in [3.8, 4) is 5.69 Å². The Morgan fingerprint density at radius 3 is 2.58 bits per heavy atom. The summed E-state index contributed by atoms with van der Waals surface area (Å²) >= 11 is 0. The third kappa shape index (κ3) is 2.71. The van der Waals surface area contributed by atoms with Gasteiger partial charge in [-0.15, -0.1) is 0 Å². The SMILES string of the molecule is CCOC(=O)N1CCc2c(n(-c3ccc(F)cc3)c3ccc(F)cc23)C1. The second kappa shape index (κ2) is 6.44. The number of rotatable bonds is 2. The molecule has 0 fully saturated rings. The standard InChI is InChI=1S/C20H18F2N2O2/c1-2-26-20(25)23-10-9-16-17-11-14(22)5-8-18(17)24(19(16)12-23)15-6-3-13(21)4-7-15/h3-8,11H,2,9-10,12H2,1H3. The second-order valence-electron chi connectivity index (χ2n) is 6.27. The summed E-state index contributed by atoms with van der Waals surface area (Å²) in [5.74, 6) is -0.623. The molecule has 6 heteroatoms. The fourth-order valence-electron chi connectivity index (χ4n) is 3.59. The van der Waals surface area contributed by atoms with Gasteiger partial charge in [-0.25, -0.2) is 13.6 Å². The van der Waals surface area contributed by atoms with Crippen molar-refractivity contribution >= 4 is 17.0 Å².